The molecule has 58 heavy (non-hydrogen) atoms. The molecule has 340 valence electrons. The summed E-state index contributed by atoms with van der Waals surface area (Å²) in [5.41, 5.74) is 1.21. The quantitative estimate of drug-likeness (QED) is 0.0518. The van der Waals surface area contributed by atoms with E-state index < -0.39 is 0 Å². The van der Waals surface area contributed by atoms with Crippen LogP contribution in [0, 0.1) is 11.8 Å². The minimum absolute atomic E-state index is 0.0376. The molecular weight excluding hydrogens is 723 g/mol. The molecule has 0 atom stereocenters. The first-order chi connectivity index (χ1) is 28.4. The van der Waals surface area contributed by atoms with Gasteiger partial charge in [0, 0.05) is 44.3 Å². The van der Waals surface area contributed by atoms with Crippen LogP contribution >= 0.6 is 0 Å². The average Bonchev–Trinajstić information content (AvgIpc) is 3.67. The van der Waals surface area contributed by atoms with Crippen molar-refractivity contribution >= 4 is 11.9 Å². The van der Waals surface area contributed by atoms with Crippen LogP contribution in [0.15, 0.2) is 12.4 Å². The fourth-order valence-electron chi connectivity index (χ4n) is 8.22. The molecule has 0 spiro atoms. The molecule has 1 heterocycles. The Kier molecular flexibility index (Phi) is 37.7. The molecule has 0 saturated carbocycles. The molecule has 0 unspecified atom stereocenters. The Morgan fingerprint density at radius 2 is 1.00 bits per heavy atom. The summed E-state index contributed by atoms with van der Waals surface area (Å²) in [5, 5.41) is 13.7. The van der Waals surface area contributed by atoms with Gasteiger partial charge in [0.15, 0.2) is 0 Å². The summed E-state index contributed by atoms with van der Waals surface area (Å²) in [7, 11) is 0. The lowest BCUT2D eigenvalue weighted by atomic mass is 9.92. The standard InChI is InChI=1S/C50H95N3O5/c1-5-9-13-19-29-46(30-20-14-10-6-2)35-41-57-49(55)33-23-17-25-37-52(44-48-43-51-53(45-48)39-27-28-40-54)38-26-18-24-34-50(56)58-42-36-47(31-21-15-11-7-3)32-22-16-12-8-4/h43,45-47,54H,5-42,44H2,1-4H3. The SMILES string of the molecule is CCCCCCC(CCCCCC)CCOC(=O)CCCCCN(CCCCCC(=O)OCCC(CCCCCC)CCCCCC)Cc1cnn(CCCCO)c1. The van der Waals surface area contributed by atoms with Crippen LogP contribution in [0.5, 0.6) is 0 Å². The number of hydrogen-bond donors (Lipinski definition) is 1. The molecule has 0 aliphatic heterocycles. The predicted molar refractivity (Wildman–Crippen MR) is 244 cm³/mol. The third-order valence-electron chi connectivity index (χ3n) is 12.0. The highest BCUT2D eigenvalue weighted by Gasteiger charge is 2.14. The van der Waals surface area contributed by atoms with E-state index in [1.807, 2.05) is 10.9 Å². The van der Waals surface area contributed by atoms with Gasteiger partial charge < -0.3 is 14.6 Å². The molecule has 1 aromatic rings. The Balaban J connectivity index is 2.46. The highest BCUT2D eigenvalue weighted by Crippen LogP contribution is 2.23. The van der Waals surface area contributed by atoms with Crippen LogP contribution < -0.4 is 0 Å². The van der Waals surface area contributed by atoms with E-state index >= 15 is 0 Å². The third-order valence-corrected chi connectivity index (χ3v) is 12.0. The molecule has 0 fully saturated rings. The molecule has 0 bridgehead atoms. The zero-order valence-electron chi connectivity index (χ0n) is 38.8. The minimum atomic E-state index is -0.0376. The highest BCUT2D eigenvalue weighted by atomic mass is 16.5. The van der Waals surface area contributed by atoms with Crippen LogP contribution in [0.4, 0.5) is 0 Å². The summed E-state index contributed by atoms with van der Waals surface area (Å²) in [6.45, 7) is 14.1. The second-order valence-corrected chi connectivity index (χ2v) is 17.6. The van der Waals surface area contributed by atoms with Crippen molar-refractivity contribution < 1.29 is 24.2 Å². The fourth-order valence-corrected chi connectivity index (χ4v) is 8.22. The number of aromatic nitrogens is 2. The molecule has 0 radical (unpaired) electrons. The first-order valence-corrected chi connectivity index (χ1v) is 25.1. The number of carbonyl (C=O) groups is 2. The van der Waals surface area contributed by atoms with Crippen molar-refractivity contribution in [2.24, 2.45) is 11.8 Å². The maximum atomic E-state index is 12.6. The first kappa shape index (κ1) is 54.1. The largest absolute Gasteiger partial charge is 0.466 e. The van der Waals surface area contributed by atoms with Crippen molar-refractivity contribution in [3.05, 3.63) is 18.0 Å². The van der Waals surface area contributed by atoms with Crippen molar-refractivity contribution in [3.8, 4) is 0 Å². The number of aryl methyl sites for hydroxylation is 1. The number of aliphatic hydroxyl groups is 1. The summed E-state index contributed by atoms with van der Waals surface area (Å²) in [4.78, 5) is 27.8. The normalized spacial score (nSPS) is 11.7. The lowest BCUT2D eigenvalue weighted by molar-refractivity contribution is -0.145. The van der Waals surface area contributed by atoms with Gasteiger partial charge in [0.25, 0.3) is 0 Å². The number of carbonyl (C=O) groups excluding carboxylic acids is 2. The molecule has 0 saturated heterocycles. The topological polar surface area (TPSA) is 93.9 Å². The van der Waals surface area contributed by atoms with Crippen molar-refractivity contribution in [3.63, 3.8) is 0 Å². The van der Waals surface area contributed by atoms with Crippen molar-refractivity contribution in [2.75, 3.05) is 32.9 Å². The number of esters is 2. The number of aliphatic hydroxyl groups excluding tert-OH is 1. The van der Waals surface area contributed by atoms with E-state index in [9.17, 15) is 9.59 Å². The number of nitrogens with zero attached hydrogens (tertiary/aromatic N) is 3. The molecule has 0 aliphatic rings. The van der Waals surface area contributed by atoms with Crippen LogP contribution in [0.3, 0.4) is 0 Å². The van der Waals surface area contributed by atoms with Gasteiger partial charge in [-0.1, -0.05) is 169 Å². The summed E-state index contributed by atoms with van der Waals surface area (Å²) in [5.74, 6) is 1.30. The van der Waals surface area contributed by atoms with E-state index in [1.165, 1.54) is 134 Å². The molecule has 0 aliphatic carbocycles. The summed E-state index contributed by atoms with van der Waals surface area (Å²) in [6, 6.07) is 0. The summed E-state index contributed by atoms with van der Waals surface area (Å²) >= 11 is 0. The Bertz CT molecular complexity index is 968. The van der Waals surface area contributed by atoms with Crippen LogP contribution in [-0.4, -0.2) is 64.6 Å². The third kappa shape index (κ3) is 32.9. The van der Waals surface area contributed by atoms with E-state index in [0.717, 1.165) is 90.4 Å². The fraction of sp³-hybridized carbons (Fsp3) is 0.900. The number of hydrogen-bond acceptors (Lipinski definition) is 7. The lowest BCUT2D eigenvalue weighted by Crippen LogP contribution is -2.25. The number of ether oxygens (including phenoxy) is 2. The maximum Gasteiger partial charge on any atom is 0.305 e. The van der Waals surface area contributed by atoms with Crippen molar-refractivity contribution in [1.29, 1.82) is 0 Å². The average molecular weight is 818 g/mol. The predicted octanol–water partition coefficient (Wildman–Crippen LogP) is 13.6. The zero-order chi connectivity index (χ0) is 42.2. The lowest BCUT2D eigenvalue weighted by Gasteiger charge is -2.21. The molecule has 1 rings (SSSR count). The second-order valence-electron chi connectivity index (χ2n) is 17.6. The van der Waals surface area contributed by atoms with Gasteiger partial charge in [-0.05, 0) is 76.3 Å². The van der Waals surface area contributed by atoms with Gasteiger partial charge in [-0.15, -0.1) is 0 Å². The number of unbranched alkanes of at least 4 members (excludes halogenated alkanes) is 17. The maximum absolute atomic E-state index is 12.6. The van der Waals surface area contributed by atoms with Gasteiger partial charge in [0.1, 0.15) is 0 Å². The molecule has 8 heteroatoms. The van der Waals surface area contributed by atoms with Crippen molar-refractivity contribution in [1.82, 2.24) is 14.7 Å². The Morgan fingerprint density at radius 1 is 0.569 bits per heavy atom. The zero-order valence-corrected chi connectivity index (χ0v) is 38.8. The summed E-state index contributed by atoms with van der Waals surface area (Å²) < 4.78 is 13.5. The molecule has 0 aromatic carbocycles. The Morgan fingerprint density at radius 3 is 1.41 bits per heavy atom. The van der Waals surface area contributed by atoms with E-state index in [0.29, 0.717) is 37.9 Å². The van der Waals surface area contributed by atoms with E-state index in [2.05, 4.69) is 43.9 Å². The van der Waals surface area contributed by atoms with E-state index in [1.54, 1.807) is 0 Å². The molecular formula is C50H95N3O5. The molecule has 1 aromatic heterocycles. The minimum Gasteiger partial charge on any atom is -0.466 e. The van der Waals surface area contributed by atoms with Gasteiger partial charge in [-0.25, -0.2) is 0 Å². The van der Waals surface area contributed by atoms with Gasteiger partial charge in [0.2, 0.25) is 0 Å². The monoisotopic (exact) mass is 818 g/mol. The molecule has 8 nitrogen and oxygen atoms in total. The van der Waals surface area contributed by atoms with Gasteiger partial charge >= 0.3 is 11.9 Å². The molecule has 1 N–H and O–H groups in total. The van der Waals surface area contributed by atoms with Gasteiger partial charge in [0.05, 0.1) is 19.4 Å². The number of rotatable bonds is 44. The van der Waals surface area contributed by atoms with Gasteiger partial charge in [-0.3, -0.25) is 19.2 Å². The second kappa shape index (κ2) is 40.5. The van der Waals surface area contributed by atoms with Crippen LogP contribution in [0.25, 0.3) is 0 Å². The highest BCUT2D eigenvalue weighted by molar-refractivity contribution is 5.69. The van der Waals surface area contributed by atoms with E-state index in [-0.39, 0.29) is 18.5 Å². The molecule has 0 amide bonds. The summed E-state index contributed by atoms with van der Waals surface area (Å²) in [6.07, 6.45) is 40.7. The van der Waals surface area contributed by atoms with Crippen molar-refractivity contribution in [2.45, 2.75) is 246 Å². The van der Waals surface area contributed by atoms with Gasteiger partial charge in [-0.2, -0.15) is 5.10 Å². The van der Waals surface area contributed by atoms with Crippen LogP contribution in [-0.2, 0) is 32.2 Å². The smallest absolute Gasteiger partial charge is 0.305 e. The van der Waals surface area contributed by atoms with Crippen LogP contribution in [0.1, 0.15) is 239 Å². The van der Waals surface area contributed by atoms with Crippen LogP contribution in [0.2, 0.25) is 0 Å². The van der Waals surface area contributed by atoms with E-state index in [4.69, 9.17) is 14.6 Å². The Labute approximate surface area is 358 Å². The Hall–Kier alpha value is -1.93. The first-order valence-electron chi connectivity index (χ1n) is 25.1.